The van der Waals surface area contributed by atoms with Crippen molar-refractivity contribution in [1.82, 2.24) is 29.5 Å². The fourth-order valence-electron chi connectivity index (χ4n) is 3.14. The third kappa shape index (κ3) is 3.48. The topological polar surface area (TPSA) is 106 Å². The van der Waals surface area contributed by atoms with Crippen molar-refractivity contribution in [3.63, 3.8) is 0 Å². The van der Waals surface area contributed by atoms with E-state index < -0.39 is 5.97 Å². The Balaban J connectivity index is 1.33. The van der Waals surface area contributed by atoms with Crippen molar-refractivity contribution in [1.29, 1.82) is 0 Å². The number of aromatic nitrogens is 5. The molecule has 3 aromatic heterocycles. The van der Waals surface area contributed by atoms with Gasteiger partial charge in [-0.1, -0.05) is 0 Å². The molecule has 0 aliphatic carbocycles. The number of rotatable bonds is 4. The molecule has 0 saturated carbocycles. The van der Waals surface area contributed by atoms with Crippen molar-refractivity contribution in [3.8, 4) is 0 Å². The van der Waals surface area contributed by atoms with Crippen molar-refractivity contribution in [2.75, 3.05) is 37.7 Å². The van der Waals surface area contributed by atoms with E-state index in [-0.39, 0.29) is 18.1 Å². The summed E-state index contributed by atoms with van der Waals surface area (Å²) in [5, 5.41) is 4.23. The highest BCUT2D eigenvalue weighted by Gasteiger charge is 2.25. The zero-order valence-corrected chi connectivity index (χ0v) is 15.4. The van der Waals surface area contributed by atoms with Crippen molar-refractivity contribution in [3.05, 3.63) is 48.2 Å². The van der Waals surface area contributed by atoms with E-state index in [2.05, 4.69) is 20.1 Å². The minimum atomic E-state index is -0.601. The van der Waals surface area contributed by atoms with Crippen LogP contribution in [0.1, 0.15) is 16.1 Å². The molecule has 0 spiro atoms. The maximum Gasteiger partial charge on any atom is 0.344 e. The number of esters is 1. The third-order valence-electron chi connectivity index (χ3n) is 4.57. The average molecular weight is 381 g/mol. The third-order valence-corrected chi connectivity index (χ3v) is 4.57. The first kappa shape index (κ1) is 17.8. The highest BCUT2D eigenvalue weighted by atomic mass is 16.5. The van der Waals surface area contributed by atoms with Crippen molar-refractivity contribution in [2.45, 2.75) is 6.92 Å². The van der Waals surface area contributed by atoms with Crippen LogP contribution in [0.3, 0.4) is 0 Å². The molecule has 4 heterocycles. The normalized spacial score (nSPS) is 14.3. The zero-order chi connectivity index (χ0) is 19.5. The van der Waals surface area contributed by atoms with E-state index >= 15 is 0 Å². The monoisotopic (exact) mass is 381 g/mol. The number of hydrogen-bond donors (Lipinski definition) is 0. The minimum absolute atomic E-state index is 0.232. The average Bonchev–Trinajstić information content (AvgIpc) is 3.08. The van der Waals surface area contributed by atoms with Crippen LogP contribution < -0.4 is 4.90 Å². The molecule has 28 heavy (non-hydrogen) atoms. The summed E-state index contributed by atoms with van der Waals surface area (Å²) >= 11 is 0. The van der Waals surface area contributed by atoms with Gasteiger partial charge in [0.15, 0.2) is 12.3 Å². The number of anilines is 1. The molecule has 1 aliphatic heterocycles. The van der Waals surface area contributed by atoms with Gasteiger partial charge in [0.2, 0.25) is 5.95 Å². The Bertz CT molecular complexity index is 997. The summed E-state index contributed by atoms with van der Waals surface area (Å²) in [5.74, 6) is -0.183. The fraction of sp³-hybridized carbons (Fsp3) is 0.333. The number of hydrogen-bond acceptors (Lipinski definition) is 8. The molecule has 0 atom stereocenters. The van der Waals surface area contributed by atoms with Gasteiger partial charge in [-0.2, -0.15) is 5.10 Å². The molecule has 1 aliphatic rings. The van der Waals surface area contributed by atoms with Crippen LogP contribution in [0.5, 0.6) is 0 Å². The standard InChI is InChI=1S/C18H19N7O3/c1-13-15(16-19-6-3-7-25(16)22-13)17(27)28-12-14(26)23-8-10-24(11-9-23)18-20-4-2-5-21-18/h2-7H,8-12H2,1H3. The van der Waals surface area contributed by atoms with E-state index in [4.69, 9.17) is 4.74 Å². The van der Waals surface area contributed by atoms with Gasteiger partial charge in [-0.05, 0) is 19.1 Å². The molecular weight excluding hydrogens is 362 g/mol. The Hall–Kier alpha value is -3.56. The van der Waals surface area contributed by atoms with Gasteiger partial charge < -0.3 is 14.5 Å². The van der Waals surface area contributed by atoms with E-state index in [0.717, 1.165) is 0 Å². The molecular formula is C18H19N7O3. The Labute approximate surface area is 160 Å². The summed E-state index contributed by atoms with van der Waals surface area (Å²) in [6.45, 7) is 3.68. The van der Waals surface area contributed by atoms with E-state index in [1.165, 1.54) is 4.52 Å². The molecule has 1 amide bonds. The molecule has 0 bridgehead atoms. The zero-order valence-electron chi connectivity index (χ0n) is 15.4. The molecule has 10 heteroatoms. The van der Waals surface area contributed by atoms with Gasteiger partial charge >= 0.3 is 5.97 Å². The predicted molar refractivity (Wildman–Crippen MR) is 98.8 cm³/mol. The molecule has 0 unspecified atom stereocenters. The number of carbonyl (C=O) groups is 2. The van der Waals surface area contributed by atoms with E-state index in [9.17, 15) is 9.59 Å². The van der Waals surface area contributed by atoms with E-state index in [1.54, 1.807) is 48.7 Å². The maximum absolute atomic E-state index is 12.5. The van der Waals surface area contributed by atoms with E-state index in [1.807, 2.05) is 4.90 Å². The number of aryl methyl sites for hydroxylation is 1. The molecule has 0 N–H and O–H groups in total. The highest BCUT2D eigenvalue weighted by Crippen LogP contribution is 2.14. The number of piperazine rings is 1. The maximum atomic E-state index is 12.5. The lowest BCUT2D eigenvalue weighted by Gasteiger charge is -2.34. The first-order valence-electron chi connectivity index (χ1n) is 8.90. The Morgan fingerprint density at radius 1 is 1.04 bits per heavy atom. The number of carbonyl (C=O) groups excluding carboxylic acids is 2. The molecule has 0 aromatic carbocycles. The summed E-state index contributed by atoms with van der Waals surface area (Å²) in [4.78, 5) is 41.2. The largest absolute Gasteiger partial charge is 0.452 e. The highest BCUT2D eigenvalue weighted by molar-refractivity contribution is 5.98. The second kappa shape index (κ2) is 7.59. The van der Waals surface area contributed by atoms with Gasteiger partial charge in [0.1, 0.15) is 5.56 Å². The van der Waals surface area contributed by atoms with Crippen LogP contribution in [-0.2, 0) is 9.53 Å². The van der Waals surface area contributed by atoms with Crippen LogP contribution in [-0.4, -0.2) is 74.1 Å². The second-order valence-corrected chi connectivity index (χ2v) is 6.34. The van der Waals surface area contributed by atoms with Crippen molar-refractivity contribution < 1.29 is 14.3 Å². The smallest absolute Gasteiger partial charge is 0.344 e. The molecule has 3 aromatic rings. The first-order valence-corrected chi connectivity index (χ1v) is 8.90. The molecule has 0 radical (unpaired) electrons. The summed E-state index contributed by atoms with van der Waals surface area (Å²) in [7, 11) is 0. The van der Waals surface area contributed by atoms with Gasteiger partial charge in [0, 0.05) is 51.0 Å². The van der Waals surface area contributed by atoms with Crippen LogP contribution in [0.2, 0.25) is 0 Å². The molecule has 10 nitrogen and oxygen atoms in total. The summed E-state index contributed by atoms with van der Waals surface area (Å²) < 4.78 is 6.75. The van der Waals surface area contributed by atoms with Crippen molar-refractivity contribution >= 4 is 23.5 Å². The van der Waals surface area contributed by atoms with Gasteiger partial charge in [-0.3, -0.25) is 4.79 Å². The van der Waals surface area contributed by atoms with Gasteiger partial charge in [-0.15, -0.1) is 0 Å². The Morgan fingerprint density at radius 2 is 1.75 bits per heavy atom. The minimum Gasteiger partial charge on any atom is -0.452 e. The van der Waals surface area contributed by atoms with Crippen LogP contribution in [0.25, 0.3) is 5.65 Å². The van der Waals surface area contributed by atoms with Gasteiger partial charge in [0.25, 0.3) is 5.91 Å². The summed E-state index contributed by atoms with van der Waals surface area (Å²) in [6.07, 6.45) is 6.66. The number of amides is 1. The van der Waals surface area contributed by atoms with Crippen LogP contribution in [0.15, 0.2) is 36.9 Å². The lowest BCUT2D eigenvalue weighted by Crippen LogP contribution is -2.50. The first-order chi connectivity index (χ1) is 13.6. The lowest BCUT2D eigenvalue weighted by atomic mass is 10.2. The second-order valence-electron chi connectivity index (χ2n) is 6.34. The van der Waals surface area contributed by atoms with Crippen LogP contribution >= 0.6 is 0 Å². The van der Waals surface area contributed by atoms with Gasteiger partial charge in [0.05, 0.1) is 5.69 Å². The summed E-state index contributed by atoms with van der Waals surface area (Å²) in [5.41, 5.74) is 1.20. The lowest BCUT2D eigenvalue weighted by molar-refractivity contribution is -0.134. The van der Waals surface area contributed by atoms with Crippen LogP contribution in [0, 0.1) is 6.92 Å². The number of fused-ring (bicyclic) bond motifs is 1. The Kier molecular flexibility index (Phi) is 4.83. The van der Waals surface area contributed by atoms with Crippen LogP contribution in [0.4, 0.5) is 5.95 Å². The molecule has 144 valence electrons. The molecule has 1 fully saturated rings. The molecule has 4 rings (SSSR count). The van der Waals surface area contributed by atoms with E-state index in [0.29, 0.717) is 43.5 Å². The number of ether oxygens (including phenoxy) is 1. The Morgan fingerprint density at radius 3 is 2.50 bits per heavy atom. The predicted octanol–water partition coefficient (Wildman–Crippen LogP) is 0.333. The summed E-state index contributed by atoms with van der Waals surface area (Å²) in [6, 6.07) is 3.48. The van der Waals surface area contributed by atoms with Crippen molar-refractivity contribution in [2.24, 2.45) is 0 Å². The fourth-order valence-corrected chi connectivity index (χ4v) is 3.14. The quantitative estimate of drug-likeness (QED) is 0.596. The SMILES string of the molecule is Cc1nn2cccnc2c1C(=O)OCC(=O)N1CCN(c2ncccn2)CC1. The van der Waals surface area contributed by atoms with Gasteiger partial charge in [-0.25, -0.2) is 24.3 Å². The molecule has 1 saturated heterocycles. The number of nitrogens with zero attached hydrogens (tertiary/aromatic N) is 7.